The molecule has 0 bridgehead atoms. The molecule has 3 heteroatoms. The summed E-state index contributed by atoms with van der Waals surface area (Å²) in [5.41, 5.74) is 2.70. The predicted octanol–water partition coefficient (Wildman–Crippen LogP) is 2.47. The van der Waals surface area contributed by atoms with Crippen LogP contribution in [0.1, 0.15) is 13.8 Å². The Morgan fingerprint density at radius 2 is 2.17 bits per heavy atom. The van der Waals surface area contributed by atoms with Crippen LogP contribution in [-0.2, 0) is 4.74 Å². The van der Waals surface area contributed by atoms with E-state index in [0.29, 0.717) is 5.76 Å². The molecule has 0 fully saturated rings. The van der Waals surface area contributed by atoms with Crippen LogP contribution in [0.3, 0.4) is 0 Å². The lowest BCUT2D eigenvalue weighted by Crippen LogP contribution is -2.03. The fourth-order valence-electron chi connectivity index (χ4n) is 0.674. The summed E-state index contributed by atoms with van der Waals surface area (Å²) in [5.74, 6) is 0.621. The van der Waals surface area contributed by atoms with E-state index in [4.69, 9.17) is 4.74 Å². The van der Waals surface area contributed by atoms with E-state index >= 15 is 0 Å². The number of aliphatic imine (C=N–C) groups is 1. The van der Waals surface area contributed by atoms with Gasteiger partial charge in [0, 0.05) is 6.04 Å². The summed E-state index contributed by atoms with van der Waals surface area (Å²) in [5, 5.41) is 0.850. The molecule has 0 atom stereocenters. The highest BCUT2D eigenvalue weighted by atomic mass is 32.2. The van der Waals surface area contributed by atoms with E-state index in [9.17, 15) is 0 Å². The van der Waals surface area contributed by atoms with Crippen LogP contribution in [0.15, 0.2) is 23.1 Å². The van der Waals surface area contributed by atoms with Gasteiger partial charge in [-0.15, -0.1) is 11.8 Å². The number of hydrogen-bond donors (Lipinski definition) is 0. The summed E-state index contributed by atoms with van der Waals surface area (Å²) < 4.78 is 5.04. The van der Waals surface area contributed by atoms with Gasteiger partial charge in [0.05, 0.1) is 7.11 Å². The van der Waals surface area contributed by atoms with Crippen LogP contribution in [0.25, 0.3) is 0 Å². The van der Waals surface area contributed by atoms with Gasteiger partial charge in [0.1, 0.15) is 5.04 Å². The van der Waals surface area contributed by atoms with Gasteiger partial charge < -0.3 is 4.74 Å². The second-order valence-electron chi connectivity index (χ2n) is 2.44. The third-order valence-corrected chi connectivity index (χ3v) is 1.81. The molecule has 0 aromatic carbocycles. The molecule has 0 spiro atoms. The Morgan fingerprint density at radius 3 is 2.42 bits per heavy atom. The Bertz CT molecular complexity index is 215. The Hall–Kier alpha value is -0.660. The minimum atomic E-state index is 0.269. The Morgan fingerprint density at radius 1 is 1.58 bits per heavy atom. The Kier molecular flexibility index (Phi) is 5.60. The highest BCUT2D eigenvalue weighted by Crippen LogP contribution is 2.10. The first-order chi connectivity index (χ1) is 5.65. The minimum Gasteiger partial charge on any atom is -0.487 e. The van der Waals surface area contributed by atoms with Gasteiger partial charge in [0.15, 0.2) is 5.76 Å². The third kappa shape index (κ3) is 3.65. The van der Waals surface area contributed by atoms with Crippen molar-refractivity contribution >= 4 is 16.8 Å². The van der Waals surface area contributed by atoms with Crippen molar-refractivity contribution in [1.82, 2.24) is 0 Å². The summed E-state index contributed by atoms with van der Waals surface area (Å²) in [6.45, 7) is 7.57. The molecule has 12 heavy (non-hydrogen) atoms. The molecule has 0 aliphatic carbocycles. The summed E-state index contributed by atoms with van der Waals surface area (Å²) in [6, 6.07) is 0.269. The fraction of sp³-hybridized carbons (Fsp3) is 0.556. The number of hydrogen-bond acceptors (Lipinski definition) is 3. The molecule has 0 radical (unpaired) electrons. The maximum atomic E-state index is 5.04. The van der Waals surface area contributed by atoms with Gasteiger partial charge in [-0.2, -0.15) is 0 Å². The zero-order chi connectivity index (χ0) is 9.56. The molecule has 0 N–H and O–H groups in total. The highest BCUT2D eigenvalue weighted by molar-refractivity contribution is 8.13. The Labute approximate surface area is 78.4 Å². The van der Waals surface area contributed by atoms with Crippen LogP contribution in [0.2, 0.25) is 0 Å². The molecule has 0 aliphatic heterocycles. The summed E-state index contributed by atoms with van der Waals surface area (Å²) in [6.07, 6.45) is 1.96. The first-order valence-corrected chi connectivity index (χ1v) is 4.94. The topological polar surface area (TPSA) is 21.6 Å². The molecule has 68 valence electrons. The number of nitrogens with zero attached hydrogens (tertiary/aromatic N) is 1. The van der Waals surface area contributed by atoms with Gasteiger partial charge >= 0.3 is 0 Å². The molecule has 0 heterocycles. The van der Waals surface area contributed by atoms with Crippen molar-refractivity contribution in [3.05, 3.63) is 18.1 Å². The number of rotatable bonds is 3. The summed E-state index contributed by atoms with van der Waals surface area (Å²) >= 11 is 1.54. The van der Waals surface area contributed by atoms with E-state index in [1.807, 2.05) is 20.1 Å². The second-order valence-corrected chi connectivity index (χ2v) is 3.24. The smallest absolute Gasteiger partial charge is 0.193 e. The van der Waals surface area contributed by atoms with Crippen molar-refractivity contribution in [2.75, 3.05) is 13.4 Å². The van der Waals surface area contributed by atoms with Crippen LogP contribution in [0.4, 0.5) is 0 Å². The predicted molar refractivity (Wildman–Crippen MR) is 55.7 cm³/mol. The molecule has 0 unspecified atom stereocenters. The third-order valence-electron chi connectivity index (χ3n) is 1.13. The van der Waals surface area contributed by atoms with Crippen LogP contribution >= 0.6 is 11.8 Å². The summed E-state index contributed by atoms with van der Waals surface area (Å²) in [7, 11) is 1.60. The van der Waals surface area contributed by atoms with Gasteiger partial charge in [-0.3, -0.25) is 4.99 Å². The van der Waals surface area contributed by atoms with E-state index in [1.165, 1.54) is 0 Å². The van der Waals surface area contributed by atoms with Gasteiger partial charge in [0.2, 0.25) is 0 Å². The van der Waals surface area contributed by atoms with Crippen LogP contribution < -0.4 is 0 Å². The van der Waals surface area contributed by atoms with Crippen molar-refractivity contribution in [2.24, 2.45) is 4.99 Å². The maximum Gasteiger partial charge on any atom is 0.193 e. The van der Waals surface area contributed by atoms with Crippen molar-refractivity contribution in [3.63, 3.8) is 0 Å². The molecule has 0 saturated heterocycles. The van der Waals surface area contributed by atoms with Gasteiger partial charge in [-0.25, -0.2) is 0 Å². The van der Waals surface area contributed by atoms with Gasteiger partial charge in [-0.1, -0.05) is 12.3 Å². The summed E-state index contributed by atoms with van der Waals surface area (Å²) in [4.78, 5) is 4.35. The molecular formula is C9H15NOS. The van der Waals surface area contributed by atoms with E-state index in [2.05, 4.69) is 17.3 Å². The first-order valence-electron chi connectivity index (χ1n) is 3.71. The van der Waals surface area contributed by atoms with Gasteiger partial charge in [0.25, 0.3) is 0 Å². The lowest BCUT2D eigenvalue weighted by molar-refractivity contribution is 0.317. The molecule has 0 aliphatic rings. The van der Waals surface area contributed by atoms with Crippen molar-refractivity contribution < 1.29 is 4.74 Å². The molecule has 2 nitrogen and oxygen atoms in total. The minimum absolute atomic E-state index is 0.269. The van der Waals surface area contributed by atoms with Crippen molar-refractivity contribution in [2.45, 2.75) is 19.9 Å². The maximum absolute atomic E-state index is 5.04. The first kappa shape index (κ1) is 11.3. The van der Waals surface area contributed by atoms with E-state index in [-0.39, 0.29) is 6.04 Å². The van der Waals surface area contributed by atoms with E-state index in [0.717, 1.165) is 5.04 Å². The van der Waals surface area contributed by atoms with Crippen LogP contribution in [0.5, 0.6) is 0 Å². The fourth-order valence-corrected chi connectivity index (χ4v) is 1.33. The highest BCUT2D eigenvalue weighted by Gasteiger charge is 2.05. The van der Waals surface area contributed by atoms with Crippen LogP contribution in [-0.4, -0.2) is 24.5 Å². The second kappa shape index (κ2) is 5.92. The van der Waals surface area contributed by atoms with Crippen LogP contribution in [0, 0.1) is 0 Å². The van der Waals surface area contributed by atoms with Crippen molar-refractivity contribution in [1.29, 1.82) is 0 Å². The van der Waals surface area contributed by atoms with E-state index in [1.54, 1.807) is 18.9 Å². The molecule has 0 aromatic heterocycles. The average molecular weight is 185 g/mol. The lowest BCUT2D eigenvalue weighted by atomic mass is 10.4. The number of ether oxygens (including phenoxy) is 1. The SMILES string of the molecule is C=C=C(OC)C(=NC(C)C)SC. The normalized spacial score (nSPS) is 11.2. The quantitative estimate of drug-likeness (QED) is 0.291. The van der Waals surface area contributed by atoms with Gasteiger partial charge in [-0.05, 0) is 20.1 Å². The Balaban J connectivity index is 4.65. The largest absolute Gasteiger partial charge is 0.487 e. The molecule has 0 saturated carbocycles. The van der Waals surface area contributed by atoms with E-state index < -0.39 is 0 Å². The molecule has 0 amide bonds. The standard InChI is InChI=1S/C9H15NOS/c1-6-8(11-4)9(12-5)10-7(2)3/h7H,1H2,2-5H3. The number of methoxy groups -OCH3 is 1. The molecule has 0 rings (SSSR count). The molecular weight excluding hydrogens is 170 g/mol. The molecule has 0 aromatic rings. The lowest BCUT2D eigenvalue weighted by Gasteiger charge is -2.06. The zero-order valence-electron chi connectivity index (χ0n) is 8.05. The number of thioether (sulfide) groups is 1. The average Bonchev–Trinajstić information content (AvgIpc) is 2.04. The monoisotopic (exact) mass is 185 g/mol. The zero-order valence-corrected chi connectivity index (χ0v) is 8.86. The van der Waals surface area contributed by atoms with Crippen molar-refractivity contribution in [3.8, 4) is 0 Å².